The van der Waals surface area contributed by atoms with Crippen LogP contribution in [0.2, 0.25) is 0 Å². The SMILES string of the molecule is COc1c(C)cc(P(c2cc(C)c(OC)c(C)c2)c2ccccc2C2CCCC2C(C)P(c2cc(C(F)(F)F)cc(C(F)(F)F)c2)c2cc(C(F)(F)F)cc(C(F)(F)F)c2)cc1C. The van der Waals surface area contributed by atoms with Crippen molar-refractivity contribution in [3.05, 3.63) is 135 Å². The van der Waals surface area contributed by atoms with Crippen molar-refractivity contribution >= 4 is 42.4 Å². The minimum absolute atomic E-state index is 0.100. The molecule has 0 heterocycles. The number of aryl methyl sites for hydroxylation is 4. The standard InChI is InChI=1S/C47H44F12O2P2/c1-25-15-34(16-26(2)42(25)60-6)63(35-17-27(3)43(61-7)28(4)18-35)41-14-9-8-11-40(41)39-13-10-12-38(39)29(5)62(36-21-30(44(48,49)50)19-31(22-36)45(51,52)53)37-23-32(46(54,55)56)20-33(24-37)47(57,58)59/h8-9,11,14-24,29,38-39H,10,12-13H2,1-7H3. The van der Waals surface area contributed by atoms with Gasteiger partial charge in [0, 0.05) is 0 Å². The van der Waals surface area contributed by atoms with Gasteiger partial charge in [0.1, 0.15) is 11.5 Å². The summed E-state index contributed by atoms with van der Waals surface area (Å²) < 4.78 is 183. The first-order chi connectivity index (χ1) is 29.2. The van der Waals surface area contributed by atoms with Gasteiger partial charge in [-0.3, -0.25) is 0 Å². The van der Waals surface area contributed by atoms with E-state index in [9.17, 15) is 52.7 Å². The van der Waals surface area contributed by atoms with Gasteiger partial charge in [-0.1, -0.05) is 37.6 Å². The van der Waals surface area contributed by atoms with Crippen molar-refractivity contribution in [1.82, 2.24) is 0 Å². The van der Waals surface area contributed by atoms with Gasteiger partial charge in [-0.15, -0.1) is 0 Å². The summed E-state index contributed by atoms with van der Waals surface area (Å²) in [6.07, 6.45) is -19.9. The van der Waals surface area contributed by atoms with Crippen LogP contribution in [0.25, 0.3) is 0 Å². The van der Waals surface area contributed by atoms with Crippen LogP contribution in [-0.2, 0) is 24.7 Å². The zero-order chi connectivity index (χ0) is 46.6. The molecule has 0 radical (unpaired) electrons. The molecule has 338 valence electrons. The molecule has 0 N–H and O–H groups in total. The van der Waals surface area contributed by atoms with E-state index in [0.717, 1.165) is 43.7 Å². The van der Waals surface area contributed by atoms with Crippen molar-refractivity contribution in [2.75, 3.05) is 14.2 Å². The molecule has 3 atom stereocenters. The van der Waals surface area contributed by atoms with Crippen molar-refractivity contribution in [3.8, 4) is 11.5 Å². The predicted molar refractivity (Wildman–Crippen MR) is 226 cm³/mol. The lowest BCUT2D eigenvalue weighted by Gasteiger charge is -2.36. The van der Waals surface area contributed by atoms with Crippen LogP contribution in [0.4, 0.5) is 52.7 Å². The first kappa shape index (κ1) is 48.2. The maximum atomic E-state index is 14.3. The second-order valence-electron chi connectivity index (χ2n) is 16.0. The number of halogens is 12. The second kappa shape index (κ2) is 17.9. The highest BCUT2D eigenvalue weighted by Gasteiger charge is 2.44. The number of hydrogen-bond acceptors (Lipinski definition) is 2. The molecule has 6 rings (SSSR count). The normalized spacial score (nSPS) is 16.8. The van der Waals surface area contributed by atoms with Crippen LogP contribution >= 0.6 is 15.8 Å². The average molecular weight is 931 g/mol. The molecule has 0 aliphatic heterocycles. The number of hydrogen-bond donors (Lipinski definition) is 0. The Bertz CT molecular complexity index is 2230. The van der Waals surface area contributed by atoms with Crippen molar-refractivity contribution < 1.29 is 62.2 Å². The summed E-state index contributed by atoms with van der Waals surface area (Å²) in [6, 6.07) is 17.2. The molecule has 2 nitrogen and oxygen atoms in total. The quantitative estimate of drug-likeness (QED) is 0.103. The van der Waals surface area contributed by atoms with Gasteiger partial charge in [-0.25, -0.2) is 0 Å². The molecule has 3 unspecified atom stereocenters. The van der Waals surface area contributed by atoms with Crippen LogP contribution in [-0.4, -0.2) is 19.9 Å². The Morgan fingerprint density at radius 3 is 1.22 bits per heavy atom. The molecule has 16 heteroatoms. The minimum atomic E-state index is -5.33. The Balaban J connectivity index is 1.60. The number of rotatable bonds is 10. The Morgan fingerprint density at radius 2 is 0.873 bits per heavy atom. The van der Waals surface area contributed by atoms with Crippen LogP contribution in [0.5, 0.6) is 11.5 Å². The van der Waals surface area contributed by atoms with E-state index in [4.69, 9.17) is 9.47 Å². The van der Waals surface area contributed by atoms with E-state index in [2.05, 4.69) is 0 Å². The Morgan fingerprint density at radius 1 is 0.508 bits per heavy atom. The Hall–Kier alpha value is -4.28. The molecular formula is C47H44F12O2P2. The van der Waals surface area contributed by atoms with Gasteiger partial charge >= 0.3 is 24.7 Å². The lowest BCUT2D eigenvalue weighted by atomic mass is 9.87. The fourth-order valence-electron chi connectivity index (χ4n) is 9.11. The van der Waals surface area contributed by atoms with Crippen molar-refractivity contribution in [1.29, 1.82) is 0 Å². The van der Waals surface area contributed by atoms with Gasteiger partial charge in [0.05, 0.1) is 36.5 Å². The highest BCUT2D eigenvalue weighted by atomic mass is 31.1. The Kier molecular flexibility index (Phi) is 13.7. The molecule has 1 aliphatic rings. The third kappa shape index (κ3) is 10.2. The van der Waals surface area contributed by atoms with E-state index in [-0.39, 0.29) is 12.1 Å². The molecule has 63 heavy (non-hydrogen) atoms. The molecule has 1 aliphatic carbocycles. The smallest absolute Gasteiger partial charge is 0.416 e. The molecule has 1 fully saturated rings. The number of benzene rings is 5. The molecule has 0 aromatic heterocycles. The third-order valence-corrected chi connectivity index (χ3v) is 17.0. The lowest BCUT2D eigenvalue weighted by Crippen LogP contribution is -2.32. The minimum Gasteiger partial charge on any atom is -0.496 e. The van der Waals surface area contributed by atoms with Crippen molar-refractivity contribution in [3.63, 3.8) is 0 Å². The average Bonchev–Trinajstić information content (AvgIpc) is 3.67. The fourth-order valence-corrected chi connectivity index (χ4v) is 15.1. The maximum Gasteiger partial charge on any atom is 0.416 e. The number of ether oxygens (including phenoxy) is 2. The zero-order valence-electron chi connectivity index (χ0n) is 35.2. The zero-order valence-corrected chi connectivity index (χ0v) is 37.0. The van der Waals surface area contributed by atoms with Gasteiger partial charge in [0.15, 0.2) is 0 Å². The second-order valence-corrected chi connectivity index (χ2v) is 20.7. The fraction of sp³-hybridized carbons (Fsp3) is 0.362. The van der Waals surface area contributed by atoms with E-state index in [1.807, 2.05) is 76.2 Å². The van der Waals surface area contributed by atoms with E-state index in [1.165, 1.54) is 6.92 Å². The van der Waals surface area contributed by atoms with Gasteiger partial charge in [-0.05, 0) is 189 Å². The molecule has 5 aromatic carbocycles. The van der Waals surface area contributed by atoms with Crippen molar-refractivity contribution in [2.45, 2.75) is 90.2 Å². The molecule has 0 spiro atoms. The largest absolute Gasteiger partial charge is 0.496 e. The van der Waals surface area contributed by atoms with Gasteiger partial charge in [0.25, 0.3) is 0 Å². The molecule has 0 amide bonds. The number of methoxy groups -OCH3 is 2. The van der Waals surface area contributed by atoms with Gasteiger partial charge in [-0.2, -0.15) is 52.7 Å². The summed E-state index contributed by atoms with van der Waals surface area (Å²) in [7, 11) is -1.01. The molecule has 0 bridgehead atoms. The third-order valence-electron chi connectivity index (χ3n) is 11.7. The van der Waals surface area contributed by atoms with Crippen LogP contribution < -0.4 is 36.0 Å². The first-order valence-corrected chi connectivity index (χ1v) is 22.6. The monoisotopic (exact) mass is 930 g/mol. The van der Waals surface area contributed by atoms with Crippen LogP contribution in [0.15, 0.2) is 84.9 Å². The first-order valence-electron chi connectivity index (χ1n) is 19.8. The van der Waals surface area contributed by atoms with Gasteiger partial charge < -0.3 is 9.47 Å². The maximum absolute atomic E-state index is 14.3. The summed E-state index contributed by atoms with van der Waals surface area (Å²) >= 11 is 0. The number of alkyl halides is 12. The Labute approximate surface area is 360 Å². The molecule has 0 saturated heterocycles. The van der Waals surface area contributed by atoms with E-state index >= 15 is 0 Å². The van der Waals surface area contributed by atoms with E-state index in [1.54, 1.807) is 14.2 Å². The van der Waals surface area contributed by atoms with Gasteiger partial charge in [0.2, 0.25) is 0 Å². The van der Waals surface area contributed by atoms with E-state index in [0.29, 0.717) is 55.0 Å². The molecule has 1 saturated carbocycles. The van der Waals surface area contributed by atoms with Crippen LogP contribution in [0.1, 0.15) is 82.2 Å². The molecular weight excluding hydrogens is 886 g/mol. The highest BCUT2D eigenvalue weighted by molar-refractivity contribution is 7.80. The van der Waals surface area contributed by atoms with E-state index < -0.39 is 90.9 Å². The van der Waals surface area contributed by atoms with Crippen molar-refractivity contribution in [2.24, 2.45) is 5.92 Å². The molecule has 5 aromatic rings. The highest BCUT2D eigenvalue weighted by Crippen LogP contribution is 2.55. The summed E-state index contributed by atoms with van der Waals surface area (Å²) in [6.45, 7) is 9.21. The summed E-state index contributed by atoms with van der Waals surface area (Å²) in [5.41, 5.74) is -3.58. The summed E-state index contributed by atoms with van der Waals surface area (Å²) in [5, 5.41) is 1.53. The topological polar surface area (TPSA) is 18.5 Å². The van der Waals surface area contributed by atoms with Crippen LogP contribution in [0.3, 0.4) is 0 Å². The predicted octanol–water partition coefficient (Wildman–Crippen LogP) is 13.2. The lowest BCUT2D eigenvalue weighted by molar-refractivity contribution is -0.144. The summed E-state index contributed by atoms with van der Waals surface area (Å²) in [4.78, 5) is 0. The van der Waals surface area contributed by atoms with Crippen LogP contribution in [0, 0.1) is 33.6 Å². The summed E-state index contributed by atoms with van der Waals surface area (Å²) in [5.74, 6) is 0.371.